The van der Waals surface area contributed by atoms with Crippen LogP contribution in [0.5, 0.6) is 0 Å². The Bertz CT molecular complexity index is 1290. The summed E-state index contributed by atoms with van der Waals surface area (Å²) < 4.78 is 8.98. The van der Waals surface area contributed by atoms with Crippen molar-refractivity contribution in [3.8, 4) is 11.1 Å². The fraction of sp³-hybridized carbons (Fsp3) is 0.417. The van der Waals surface area contributed by atoms with E-state index in [9.17, 15) is 4.79 Å². The first-order valence-electron chi connectivity index (χ1n) is 10.9. The summed E-state index contributed by atoms with van der Waals surface area (Å²) >= 11 is 0. The van der Waals surface area contributed by atoms with E-state index in [1.807, 2.05) is 47.2 Å². The minimum Gasteiger partial charge on any atom is -0.378 e. The fourth-order valence-electron chi connectivity index (χ4n) is 4.95. The minimum absolute atomic E-state index is 0.0945. The van der Waals surface area contributed by atoms with Crippen LogP contribution in [-0.4, -0.2) is 31.5 Å². The largest absolute Gasteiger partial charge is 0.378 e. The molecular weight excluding hydrogens is 390 g/mol. The van der Waals surface area contributed by atoms with E-state index < -0.39 is 0 Å². The second-order valence-corrected chi connectivity index (χ2v) is 8.65. The first kappa shape index (κ1) is 19.9. The molecule has 1 aromatic carbocycles. The molecule has 1 saturated carbocycles. The smallest absolute Gasteiger partial charge is 0.280 e. The molecule has 4 aromatic rings. The standard InChI is InChI=1S/C24H27N5O2/c1-15-8-7-11-19(16(15)2)28-13-12-20-22(24(28)30)25-26-23-21(17-9-5-4-6-10-17)18(14-31-3)27-29(20)23/h4-6,9-10,12-13,15-16,19H,7-8,11,14H2,1-3H3/t15-,16-,19+/m0/s1. The average molecular weight is 418 g/mol. The summed E-state index contributed by atoms with van der Waals surface area (Å²) in [7, 11) is 1.65. The van der Waals surface area contributed by atoms with Crippen LogP contribution in [0.3, 0.4) is 0 Å². The Hall–Kier alpha value is -3.06. The van der Waals surface area contributed by atoms with E-state index in [1.54, 1.807) is 11.6 Å². The molecule has 3 aromatic heterocycles. The van der Waals surface area contributed by atoms with Gasteiger partial charge >= 0.3 is 0 Å². The molecule has 0 N–H and O–H groups in total. The molecule has 0 bridgehead atoms. The summed E-state index contributed by atoms with van der Waals surface area (Å²) in [5.74, 6) is 1.05. The van der Waals surface area contributed by atoms with Gasteiger partial charge < -0.3 is 9.30 Å². The highest BCUT2D eigenvalue weighted by molar-refractivity contribution is 5.84. The van der Waals surface area contributed by atoms with Gasteiger partial charge in [0.15, 0.2) is 11.2 Å². The maximum atomic E-state index is 13.4. The summed E-state index contributed by atoms with van der Waals surface area (Å²) in [6.45, 7) is 4.87. The Morgan fingerprint density at radius 2 is 1.90 bits per heavy atom. The predicted octanol–water partition coefficient (Wildman–Crippen LogP) is 4.25. The van der Waals surface area contributed by atoms with Gasteiger partial charge in [0, 0.05) is 19.3 Å². The molecule has 1 fully saturated rings. The molecule has 0 radical (unpaired) electrons. The van der Waals surface area contributed by atoms with E-state index in [2.05, 4.69) is 24.0 Å². The Labute approximate surface area is 180 Å². The number of pyridine rings is 1. The number of aromatic nitrogens is 5. The van der Waals surface area contributed by atoms with Crippen molar-refractivity contribution in [2.45, 2.75) is 45.8 Å². The number of rotatable bonds is 4. The summed E-state index contributed by atoms with van der Waals surface area (Å²) in [6, 6.07) is 12.1. The highest BCUT2D eigenvalue weighted by Gasteiger charge is 2.29. The topological polar surface area (TPSA) is 74.3 Å². The first-order chi connectivity index (χ1) is 15.1. The molecule has 3 atom stereocenters. The third kappa shape index (κ3) is 3.24. The molecule has 1 aliphatic rings. The van der Waals surface area contributed by atoms with E-state index in [4.69, 9.17) is 9.84 Å². The second-order valence-electron chi connectivity index (χ2n) is 8.65. The van der Waals surface area contributed by atoms with Crippen LogP contribution in [-0.2, 0) is 11.3 Å². The van der Waals surface area contributed by atoms with E-state index in [1.165, 1.54) is 6.42 Å². The monoisotopic (exact) mass is 417 g/mol. The van der Waals surface area contributed by atoms with Crippen LogP contribution < -0.4 is 5.56 Å². The minimum atomic E-state index is -0.0945. The van der Waals surface area contributed by atoms with Crippen LogP contribution in [0.15, 0.2) is 47.4 Å². The summed E-state index contributed by atoms with van der Waals surface area (Å²) in [4.78, 5) is 13.4. The number of ether oxygens (including phenoxy) is 1. The van der Waals surface area contributed by atoms with Crippen molar-refractivity contribution < 1.29 is 4.74 Å². The summed E-state index contributed by atoms with van der Waals surface area (Å²) in [6.07, 6.45) is 5.29. The van der Waals surface area contributed by atoms with Crippen LogP contribution >= 0.6 is 0 Å². The quantitative estimate of drug-likeness (QED) is 0.496. The summed E-state index contributed by atoms with van der Waals surface area (Å²) in [5, 5.41) is 13.6. The van der Waals surface area contributed by atoms with Crippen molar-refractivity contribution in [3.05, 3.63) is 58.6 Å². The highest BCUT2D eigenvalue weighted by Crippen LogP contribution is 2.37. The van der Waals surface area contributed by atoms with Gasteiger partial charge in [0.05, 0.1) is 17.9 Å². The van der Waals surface area contributed by atoms with E-state index in [0.717, 1.165) is 29.7 Å². The summed E-state index contributed by atoms with van der Waals surface area (Å²) in [5.41, 5.74) is 4.21. The zero-order valence-corrected chi connectivity index (χ0v) is 18.2. The lowest BCUT2D eigenvalue weighted by Gasteiger charge is -2.35. The predicted molar refractivity (Wildman–Crippen MR) is 120 cm³/mol. The van der Waals surface area contributed by atoms with Gasteiger partial charge in [0.2, 0.25) is 0 Å². The number of fused-ring (bicyclic) bond motifs is 3. The van der Waals surface area contributed by atoms with Crippen molar-refractivity contribution in [1.29, 1.82) is 0 Å². The Kier molecular flexibility index (Phi) is 5.06. The molecule has 0 aliphatic heterocycles. The van der Waals surface area contributed by atoms with Crippen molar-refractivity contribution in [3.63, 3.8) is 0 Å². The molecule has 0 amide bonds. The van der Waals surface area contributed by atoms with E-state index in [0.29, 0.717) is 35.1 Å². The average Bonchev–Trinajstić information content (AvgIpc) is 3.15. The molecule has 7 heteroatoms. The first-order valence-corrected chi connectivity index (χ1v) is 10.9. The molecule has 0 saturated heterocycles. The molecular formula is C24H27N5O2. The third-order valence-corrected chi connectivity index (χ3v) is 6.84. The molecule has 0 unspecified atom stereocenters. The van der Waals surface area contributed by atoms with Gasteiger partial charge in [-0.2, -0.15) is 5.10 Å². The maximum absolute atomic E-state index is 13.4. The van der Waals surface area contributed by atoms with Crippen LogP contribution in [0.1, 0.15) is 44.8 Å². The number of hydrogen-bond acceptors (Lipinski definition) is 5. The number of methoxy groups -OCH3 is 1. The SMILES string of the molecule is COCc1nn2c(nnc3c(=O)n([C@@H]4CCC[C@H](C)[C@@H]4C)ccc32)c1-c1ccccc1. The molecule has 5 rings (SSSR count). The van der Waals surface area contributed by atoms with Gasteiger partial charge in [0.25, 0.3) is 5.56 Å². The molecule has 3 heterocycles. The molecule has 0 spiro atoms. The van der Waals surface area contributed by atoms with Crippen molar-refractivity contribution in [2.75, 3.05) is 7.11 Å². The zero-order chi connectivity index (χ0) is 21.5. The van der Waals surface area contributed by atoms with Gasteiger partial charge in [-0.1, -0.05) is 57.0 Å². The van der Waals surface area contributed by atoms with Crippen molar-refractivity contribution >= 4 is 16.7 Å². The number of nitrogens with zero attached hydrogens (tertiary/aromatic N) is 5. The Morgan fingerprint density at radius 3 is 2.68 bits per heavy atom. The van der Waals surface area contributed by atoms with Gasteiger partial charge in [-0.25, -0.2) is 4.52 Å². The Balaban J connectivity index is 1.71. The highest BCUT2D eigenvalue weighted by atomic mass is 16.5. The van der Waals surface area contributed by atoms with E-state index >= 15 is 0 Å². The van der Waals surface area contributed by atoms with Gasteiger partial charge in [-0.15, -0.1) is 10.2 Å². The second kappa shape index (κ2) is 7.89. The number of benzene rings is 1. The van der Waals surface area contributed by atoms with Gasteiger partial charge in [0.1, 0.15) is 5.52 Å². The molecule has 1 aliphatic carbocycles. The maximum Gasteiger partial charge on any atom is 0.280 e. The van der Waals surface area contributed by atoms with Crippen LogP contribution in [0.2, 0.25) is 0 Å². The lowest BCUT2D eigenvalue weighted by atomic mass is 9.78. The van der Waals surface area contributed by atoms with Gasteiger partial charge in [-0.3, -0.25) is 4.79 Å². The third-order valence-electron chi connectivity index (χ3n) is 6.84. The molecule has 31 heavy (non-hydrogen) atoms. The lowest BCUT2D eigenvalue weighted by Crippen LogP contribution is -2.34. The van der Waals surface area contributed by atoms with Gasteiger partial charge in [-0.05, 0) is 29.9 Å². The van der Waals surface area contributed by atoms with Crippen LogP contribution in [0.4, 0.5) is 0 Å². The fourth-order valence-corrected chi connectivity index (χ4v) is 4.95. The zero-order valence-electron chi connectivity index (χ0n) is 18.2. The molecule has 160 valence electrons. The molecule has 7 nitrogen and oxygen atoms in total. The van der Waals surface area contributed by atoms with E-state index in [-0.39, 0.29) is 11.6 Å². The van der Waals surface area contributed by atoms with Crippen LogP contribution in [0.25, 0.3) is 27.8 Å². The van der Waals surface area contributed by atoms with Crippen LogP contribution in [0, 0.1) is 11.8 Å². The van der Waals surface area contributed by atoms with Crippen molar-refractivity contribution in [1.82, 2.24) is 24.4 Å². The number of hydrogen-bond donors (Lipinski definition) is 0. The Morgan fingerprint density at radius 1 is 1.10 bits per heavy atom. The van der Waals surface area contributed by atoms with Crippen molar-refractivity contribution in [2.24, 2.45) is 11.8 Å². The normalized spacial score (nSPS) is 21.7. The lowest BCUT2D eigenvalue weighted by molar-refractivity contribution is 0.181.